The molecule has 0 aromatic heterocycles. The zero-order valence-electron chi connectivity index (χ0n) is 11.1. The number of carbonyl (C=O) groups excluding carboxylic acids is 1. The third kappa shape index (κ3) is 4.93. The first kappa shape index (κ1) is 16.2. The fraction of sp³-hybridized carbons (Fsp3) is 0.188. The first-order valence-electron chi connectivity index (χ1n) is 6.33. The number of hydrogen-bond acceptors (Lipinski definition) is 2. The smallest absolute Gasteiger partial charge is 0.133 e. The maximum atomic E-state index is 12.9. The summed E-state index contributed by atoms with van der Waals surface area (Å²) in [5.41, 5.74) is 1.82. The third-order valence-corrected chi connectivity index (χ3v) is 3.93. The van der Waals surface area contributed by atoms with Crippen LogP contribution in [0.2, 0.25) is 0 Å². The van der Waals surface area contributed by atoms with Crippen molar-refractivity contribution >= 4 is 38.1 Å². The van der Waals surface area contributed by atoms with Gasteiger partial charge in [0, 0.05) is 4.47 Å². The van der Waals surface area contributed by atoms with Gasteiger partial charge >= 0.3 is 0 Å². The second kappa shape index (κ2) is 7.71. The Labute approximate surface area is 139 Å². The van der Waals surface area contributed by atoms with E-state index in [0.717, 1.165) is 21.9 Å². The molecule has 0 N–H and O–H groups in total. The molecule has 0 spiro atoms. The van der Waals surface area contributed by atoms with E-state index in [9.17, 15) is 9.18 Å². The quantitative estimate of drug-likeness (QED) is 0.506. The van der Waals surface area contributed by atoms with Crippen LogP contribution in [0.1, 0.15) is 11.1 Å². The van der Waals surface area contributed by atoms with Gasteiger partial charge < -0.3 is 9.53 Å². The van der Waals surface area contributed by atoms with Crippen LogP contribution in [0.25, 0.3) is 0 Å². The molecule has 2 aromatic rings. The lowest BCUT2D eigenvalue weighted by molar-refractivity contribution is -0.107. The number of hydrogen-bond donors (Lipinski definition) is 0. The molecule has 0 saturated heterocycles. The van der Waals surface area contributed by atoms with Gasteiger partial charge in [-0.3, -0.25) is 0 Å². The number of carbonyl (C=O) groups is 1. The summed E-state index contributed by atoms with van der Waals surface area (Å²) in [4.78, 5) is 10.5. The Morgan fingerprint density at radius 1 is 1.19 bits per heavy atom. The molecule has 0 bridgehead atoms. The fourth-order valence-corrected chi connectivity index (χ4v) is 2.61. The Balaban J connectivity index is 2.11. The van der Waals surface area contributed by atoms with Gasteiger partial charge in [0.15, 0.2) is 0 Å². The van der Waals surface area contributed by atoms with Gasteiger partial charge in [-0.2, -0.15) is 0 Å². The average Bonchev–Trinajstić information content (AvgIpc) is 2.48. The summed E-state index contributed by atoms with van der Waals surface area (Å²) in [6.45, 7) is 0.350. The number of benzene rings is 2. The predicted molar refractivity (Wildman–Crippen MR) is 87.4 cm³/mol. The number of alkyl halides is 1. The zero-order valence-corrected chi connectivity index (χ0v) is 14.2. The monoisotopic (exact) mass is 414 g/mol. The maximum absolute atomic E-state index is 12.9. The van der Waals surface area contributed by atoms with Crippen molar-refractivity contribution in [2.75, 3.05) is 0 Å². The normalized spacial score (nSPS) is 12.0. The fourth-order valence-electron chi connectivity index (χ4n) is 1.85. The summed E-state index contributed by atoms with van der Waals surface area (Å²) in [6, 6.07) is 11.8. The van der Waals surface area contributed by atoms with E-state index in [1.807, 2.05) is 18.2 Å². The molecule has 1 unspecified atom stereocenters. The molecule has 2 nitrogen and oxygen atoms in total. The van der Waals surface area contributed by atoms with Crippen molar-refractivity contribution in [3.05, 3.63) is 63.9 Å². The summed E-state index contributed by atoms with van der Waals surface area (Å²) in [7, 11) is 0. The van der Waals surface area contributed by atoms with E-state index in [0.29, 0.717) is 18.8 Å². The minimum Gasteiger partial charge on any atom is -0.489 e. The van der Waals surface area contributed by atoms with Crippen LogP contribution in [0.3, 0.4) is 0 Å². The first-order chi connectivity index (χ1) is 10.1. The number of aldehydes is 1. The van der Waals surface area contributed by atoms with Gasteiger partial charge in [-0.25, -0.2) is 4.39 Å². The molecule has 0 saturated carbocycles. The van der Waals surface area contributed by atoms with Crippen molar-refractivity contribution in [3.8, 4) is 5.75 Å². The van der Waals surface area contributed by atoms with Crippen molar-refractivity contribution in [3.63, 3.8) is 0 Å². The van der Waals surface area contributed by atoms with Gasteiger partial charge in [-0.15, -0.1) is 0 Å². The second-order valence-electron chi connectivity index (χ2n) is 4.52. The Morgan fingerprint density at radius 2 is 1.90 bits per heavy atom. The largest absolute Gasteiger partial charge is 0.489 e. The van der Waals surface area contributed by atoms with Crippen LogP contribution in [0, 0.1) is 5.82 Å². The molecule has 0 radical (unpaired) electrons. The van der Waals surface area contributed by atoms with Crippen molar-refractivity contribution in [1.29, 1.82) is 0 Å². The maximum Gasteiger partial charge on any atom is 0.133 e. The van der Waals surface area contributed by atoms with Gasteiger partial charge in [-0.1, -0.05) is 44.0 Å². The molecule has 0 amide bonds. The number of halogens is 3. The highest BCUT2D eigenvalue weighted by Crippen LogP contribution is 2.26. The lowest BCUT2D eigenvalue weighted by Gasteiger charge is -2.13. The van der Waals surface area contributed by atoms with Gasteiger partial charge in [0.2, 0.25) is 0 Å². The molecule has 0 aliphatic rings. The van der Waals surface area contributed by atoms with Crippen LogP contribution in [-0.2, 0) is 17.8 Å². The molecule has 0 heterocycles. The number of ether oxygens (including phenoxy) is 1. The Morgan fingerprint density at radius 3 is 2.57 bits per heavy atom. The van der Waals surface area contributed by atoms with Crippen LogP contribution in [-0.4, -0.2) is 11.1 Å². The van der Waals surface area contributed by atoms with Crippen LogP contribution < -0.4 is 4.74 Å². The van der Waals surface area contributed by atoms with Crippen LogP contribution in [0.5, 0.6) is 5.75 Å². The topological polar surface area (TPSA) is 26.3 Å². The zero-order chi connectivity index (χ0) is 15.2. The summed E-state index contributed by atoms with van der Waals surface area (Å²) in [5.74, 6) is 0.449. The highest BCUT2D eigenvalue weighted by molar-refractivity contribution is 9.10. The lowest BCUT2D eigenvalue weighted by atomic mass is 10.1. The average molecular weight is 416 g/mol. The molecule has 0 aliphatic carbocycles. The highest BCUT2D eigenvalue weighted by Gasteiger charge is 2.10. The molecule has 0 fully saturated rings. The van der Waals surface area contributed by atoms with Crippen molar-refractivity contribution < 1.29 is 13.9 Å². The van der Waals surface area contributed by atoms with Crippen molar-refractivity contribution in [2.24, 2.45) is 0 Å². The van der Waals surface area contributed by atoms with Crippen LogP contribution >= 0.6 is 31.9 Å². The molecule has 5 heteroatoms. The first-order valence-corrected chi connectivity index (χ1v) is 8.04. The summed E-state index contributed by atoms with van der Waals surface area (Å²) < 4.78 is 19.6. The molecule has 0 aliphatic heterocycles. The molecule has 1 atom stereocenters. The van der Waals surface area contributed by atoms with Crippen molar-refractivity contribution in [1.82, 2.24) is 0 Å². The van der Waals surface area contributed by atoms with E-state index in [1.54, 1.807) is 12.1 Å². The third-order valence-electron chi connectivity index (χ3n) is 2.89. The van der Waals surface area contributed by atoms with E-state index in [2.05, 4.69) is 31.9 Å². The molecule has 2 aromatic carbocycles. The summed E-state index contributed by atoms with van der Waals surface area (Å²) in [6.07, 6.45) is 1.40. The minimum absolute atomic E-state index is 0.250. The van der Waals surface area contributed by atoms with E-state index in [-0.39, 0.29) is 10.6 Å². The van der Waals surface area contributed by atoms with Gasteiger partial charge in [0.25, 0.3) is 0 Å². The SMILES string of the molecule is O=CC(Br)Cc1cc(Br)ccc1OCc1ccc(F)cc1. The summed E-state index contributed by atoms with van der Waals surface area (Å²) >= 11 is 6.71. The molecule has 110 valence electrons. The molecule has 21 heavy (non-hydrogen) atoms. The predicted octanol–water partition coefficient (Wildman–Crippen LogP) is 4.67. The van der Waals surface area contributed by atoms with Gasteiger partial charge in [-0.05, 0) is 47.9 Å². The standard InChI is InChI=1S/C16H13Br2FO2/c17-13-3-6-16(12(7-13)8-14(18)9-20)21-10-11-1-4-15(19)5-2-11/h1-7,9,14H,8,10H2. The second-order valence-corrected chi connectivity index (χ2v) is 6.62. The highest BCUT2D eigenvalue weighted by atomic mass is 79.9. The van der Waals surface area contributed by atoms with Crippen LogP contribution in [0.4, 0.5) is 4.39 Å². The molecular formula is C16H13Br2FO2. The van der Waals surface area contributed by atoms with E-state index < -0.39 is 0 Å². The van der Waals surface area contributed by atoms with E-state index in [1.165, 1.54) is 12.1 Å². The van der Waals surface area contributed by atoms with Crippen molar-refractivity contribution in [2.45, 2.75) is 17.9 Å². The Bertz CT molecular complexity index is 614. The van der Waals surface area contributed by atoms with Gasteiger partial charge in [0.1, 0.15) is 24.5 Å². The van der Waals surface area contributed by atoms with E-state index >= 15 is 0 Å². The molecular weight excluding hydrogens is 403 g/mol. The van der Waals surface area contributed by atoms with Crippen LogP contribution in [0.15, 0.2) is 46.9 Å². The van der Waals surface area contributed by atoms with E-state index in [4.69, 9.17) is 4.74 Å². The Hall–Kier alpha value is -1.20. The van der Waals surface area contributed by atoms with Gasteiger partial charge in [0.05, 0.1) is 4.83 Å². The number of rotatable bonds is 6. The Kier molecular flexibility index (Phi) is 5.94. The molecule has 2 rings (SSSR count). The minimum atomic E-state index is -0.267. The lowest BCUT2D eigenvalue weighted by Crippen LogP contribution is -2.06. The summed E-state index contributed by atoms with van der Waals surface area (Å²) in [5, 5.41) is 0.